The van der Waals surface area contributed by atoms with Crippen molar-refractivity contribution in [3.8, 4) is 0 Å². The highest BCUT2D eigenvalue weighted by molar-refractivity contribution is 6.31. The molecule has 6 nitrogen and oxygen atoms in total. The first-order valence-electron chi connectivity index (χ1n) is 11.2. The zero-order valence-electron chi connectivity index (χ0n) is 19.1. The van der Waals surface area contributed by atoms with E-state index in [4.69, 9.17) is 21.1 Å². The van der Waals surface area contributed by atoms with Gasteiger partial charge in [-0.15, -0.1) is 0 Å². The normalized spacial score (nSPS) is 25.5. The summed E-state index contributed by atoms with van der Waals surface area (Å²) in [5, 5.41) is 41.0. The van der Waals surface area contributed by atoms with Crippen LogP contribution in [0.5, 0.6) is 0 Å². The first-order chi connectivity index (χ1) is 16.0. The average molecular weight is 501 g/mol. The Hall–Kier alpha value is -1.65. The van der Waals surface area contributed by atoms with Crippen molar-refractivity contribution in [2.24, 2.45) is 0 Å². The lowest BCUT2D eigenvalue weighted by Crippen LogP contribution is -2.55. The van der Waals surface area contributed by atoms with Gasteiger partial charge in [0.25, 0.3) is 5.92 Å². The van der Waals surface area contributed by atoms with E-state index in [1.807, 2.05) is 24.3 Å². The largest absolute Gasteiger partial charge is 0.394 e. The summed E-state index contributed by atoms with van der Waals surface area (Å²) in [6.07, 6.45) is -5.51. The highest BCUT2D eigenvalue weighted by atomic mass is 35.5. The van der Waals surface area contributed by atoms with Crippen LogP contribution in [0, 0.1) is 0 Å². The van der Waals surface area contributed by atoms with E-state index in [0.717, 1.165) is 18.9 Å². The molecule has 1 fully saturated rings. The van der Waals surface area contributed by atoms with Gasteiger partial charge in [-0.05, 0) is 46.7 Å². The van der Waals surface area contributed by atoms with Crippen molar-refractivity contribution in [1.82, 2.24) is 0 Å². The smallest absolute Gasteiger partial charge is 0.268 e. The zero-order chi connectivity index (χ0) is 25.0. The van der Waals surface area contributed by atoms with Gasteiger partial charge in [0, 0.05) is 11.9 Å². The van der Waals surface area contributed by atoms with Crippen LogP contribution >= 0.6 is 11.6 Å². The number of aliphatic hydroxyl groups excluding tert-OH is 4. The molecule has 0 amide bonds. The lowest BCUT2D eigenvalue weighted by molar-refractivity contribution is -0.232. The van der Waals surface area contributed by atoms with Gasteiger partial charge in [0.1, 0.15) is 37.1 Å². The predicted octanol–water partition coefficient (Wildman–Crippen LogP) is 3.18. The van der Waals surface area contributed by atoms with Crippen molar-refractivity contribution < 1.29 is 38.7 Å². The Labute approximate surface area is 202 Å². The quantitative estimate of drug-likeness (QED) is 0.422. The Kier molecular flexibility index (Phi) is 9.03. The van der Waals surface area contributed by atoms with Crippen LogP contribution in [0.3, 0.4) is 0 Å². The average Bonchev–Trinajstić information content (AvgIpc) is 2.79. The van der Waals surface area contributed by atoms with Crippen molar-refractivity contribution in [1.29, 1.82) is 0 Å². The minimum absolute atomic E-state index is 0.237. The molecule has 5 atom stereocenters. The maximum Gasteiger partial charge on any atom is 0.268 e. The van der Waals surface area contributed by atoms with Gasteiger partial charge in [0.2, 0.25) is 0 Å². The summed E-state index contributed by atoms with van der Waals surface area (Å²) in [5.41, 5.74) is 3.65. The molecule has 0 saturated carbocycles. The monoisotopic (exact) mass is 500 g/mol. The summed E-state index contributed by atoms with van der Waals surface area (Å²) in [7, 11) is 0. The zero-order valence-corrected chi connectivity index (χ0v) is 19.9. The third-order valence-corrected chi connectivity index (χ3v) is 6.30. The van der Waals surface area contributed by atoms with Crippen LogP contribution < -0.4 is 0 Å². The lowest BCUT2D eigenvalue weighted by atomic mass is 9.87. The molecule has 0 aromatic heterocycles. The maximum absolute atomic E-state index is 13.3. The summed E-state index contributed by atoms with van der Waals surface area (Å²) in [5.74, 6) is -3.03. The highest BCUT2D eigenvalue weighted by Crippen LogP contribution is 2.37. The van der Waals surface area contributed by atoms with Gasteiger partial charge < -0.3 is 29.9 Å². The van der Waals surface area contributed by atoms with Gasteiger partial charge in [0.15, 0.2) is 0 Å². The molecule has 2 aromatic rings. The molecule has 3 rings (SSSR count). The Bertz CT molecular complexity index is 948. The maximum atomic E-state index is 13.3. The van der Waals surface area contributed by atoms with Crippen molar-refractivity contribution in [3.63, 3.8) is 0 Å². The molecule has 0 unspecified atom stereocenters. The number of ether oxygens (including phenoxy) is 2. The van der Waals surface area contributed by atoms with Crippen LogP contribution in [-0.2, 0) is 28.9 Å². The van der Waals surface area contributed by atoms with E-state index in [1.54, 1.807) is 12.1 Å². The summed E-state index contributed by atoms with van der Waals surface area (Å²) in [6, 6.07) is 11.3. The first kappa shape index (κ1) is 26.9. The molecule has 0 bridgehead atoms. The van der Waals surface area contributed by atoms with Gasteiger partial charge in [0.05, 0.1) is 13.2 Å². The number of hydrogen-bond acceptors (Lipinski definition) is 6. The second-order valence-electron chi connectivity index (χ2n) is 8.80. The van der Waals surface area contributed by atoms with Crippen molar-refractivity contribution in [3.05, 3.63) is 69.2 Å². The minimum Gasteiger partial charge on any atom is -0.394 e. The van der Waals surface area contributed by atoms with Crippen LogP contribution in [0.1, 0.15) is 47.8 Å². The fourth-order valence-corrected chi connectivity index (χ4v) is 4.27. The summed E-state index contributed by atoms with van der Waals surface area (Å²) >= 11 is 6.53. The van der Waals surface area contributed by atoms with E-state index < -0.39 is 49.7 Å². The number of rotatable bonds is 9. The Morgan fingerprint density at radius 3 is 2.24 bits per heavy atom. The molecule has 1 aliphatic rings. The minimum atomic E-state index is -3.03. The topological polar surface area (TPSA) is 99.4 Å². The van der Waals surface area contributed by atoms with Crippen LogP contribution in [-0.4, -0.2) is 64.0 Å². The summed E-state index contributed by atoms with van der Waals surface area (Å²) in [6.45, 7) is 1.17. The van der Waals surface area contributed by atoms with E-state index in [2.05, 4.69) is 6.92 Å². The summed E-state index contributed by atoms with van der Waals surface area (Å²) in [4.78, 5) is 0. The molecule has 0 radical (unpaired) electrons. The summed E-state index contributed by atoms with van der Waals surface area (Å²) < 4.78 is 37.4. The second kappa shape index (κ2) is 11.4. The fourth-order valence-electron chi connectivity index (χ4n) is 4.02. The van der Waals surface area contributed by atoms with Crippen molar-refractivity contribution >= 4 is 11.6 Å². The molecule has 9 heteroatoms. The SMILES string of the molecule is CCc1ccc(Cc2cc([C@@H]3O[C@H](CO)[C@@H](O)[C@H](O)[C@H]3O)c(COCC(C)(F)F)cc2Cl)cc1. The first-order valence-corrected chi connectivity index (χ1v) is 11.6. The number of aryl methyl sites for hydroxylation is 1. The molecule has 0 spiro atoms. The van der Waals surface area contributed by atoms with Gasteiger partial charge in [-0.25, -0.2) is 8.78 Å². The van der Waals surface area contributed by atoms with E-state index >= 15 is 0 Å². The molecule has 4 N–H and O–H groups in total. The van der Waals surface area contributed by atoms with E-state index in [9.17, 15) is 29.2 Å². The lowest BCUT2D eigenvalue weighted by Gasteiger charge is -2.41. The van der Waals surface area contributed by atoms with Gasteiger partial charge in [-0.3, -0.25) is 0 Å². The molecule has 1 aliphatic heterocycles. The van der Waals surface area contributed by atoms with E-state index in [1.165, 1.54) is 5.56 Å². The Morgan fingerprint density at radius 1 is 1.00 bits per heavy atom. The number of hydrogen-bond donors (Lipinski definition) is 4. The van der Waals surface area contributed by atoms with E-state index in [-0.39, 0.29) is 6.61 Å². The Morgan fingerprint density at radius 2 is 1.65 bits per heavy atom. The van der Waals surface area contributed by atoms with Gasteiger partial charge in [-0.2, -0.15) is 0 Å². The molecule has 2 aromatic carbocycles. The molecule has 1 saturated heterocycles. The number of halogens is 3. The number of alkyl halides is 2. The van der Waals surface area contributed by atoms with Gasteiger partial charge in [-0.1, -0.05) is 48.9 Å². The molecule has 0 aliphatic carbocycles. The van der Waals surface area contributed by atoms with Gasteiger partial charge >= 0.3 is 0 Å². The molecule has 34 heavy (non-hydrogen) atoms. The highest BCUT2D eigenvalue weighted by Gasteiger charge is 2.44. The standard InChI is InChI=1S/C25H31ClF2O6/c1-3-14-4-6-15(7-5-14)8-16-9-18(17(10-19(16)26)12-33-13-25(2,27)28)24-23(32)22(31)21(30)20(11-29)34-24/h4-7,9-10,20-24,29-32H,3,8,11-13H2,1-2H3/t20-,21-,22+,23-,24+/m1/s1. The molecular weight excluding hydrogens is 470 g/mol. The van der Waals surface area contributed by atoms with Crippen molar-refractivity contribution in [2.75, 3.05) is 13.2 Å². The van der Waals surface area contributed by atoms with Crippen LogP contribution in [0.15, 0.2) is 36.4 Å². The van der Waals surface area contributed by atoms with E-state index in [0.29, 0.717) is 28.1 Å². The van der Waals surface area contributed by atoms with Crippen LogP contribution in [0.2, 0.25) is 5.02 Å². The Balaban J connectivity index is 1.97. The molecule has 1 heterocycles. The third kappa shape index (κ3) is 6.51. The molecular formula is C25H31ClF2O6. The van der Waals surface area contributed by atoms with Crippen LogP contribution in [0.25, 0.3) is 0 Å². The van der Waals surface area contributed by atoms with Crippen molar-refractivity contribution in [2.45, 2.75) is 69.7 Å². The molecule has 188 valence electrons. The number of aliphatic hydroxyl groups is 4. The number of benzene rings is 2. The predicted molar refractivity (Wildman–Crippen MR) is 123 cm³/mol. The second-order valence-corrected chi connectivity index (χ2v) is 9.21. The van der Waals surface area contributed by atoms with Crippen LogP contribution in [0.4, 0.5) is 8.78 Å². The fraction of sp³-hybridized carbons (Fsp3) is 0.520. The third-order valence-electron chi connectivity index (χ3n) is 5.95.